The molecule has 7 nitrogen and oxygen atoms in total. The first-order valence-electron chi connectivity index (χ1n) is 11.3. The number of thiophene rings is 1. The lowest BCUT2D eigenvalue weighted by Gasteiger charge is -2.14. The van der Waals surface area contributed by atoms with Crippen LogP contribution in [0.25, 0.3) is 44.2 Å². The Morgan fingerprint density at radius 2 is 1.05 bits per heavy atom. The summed E-state index contributed by atoms with van der Waals surface area (Å²) < 4.78 is 0. The first kappa shape index (κ1) is 23.9. The number of carboxylic acids is 2. The van der Waals surface area contributed by atoms with Gasteiger partial charge in [-0.2, -0.15) is 0 Å². The first-order chi connectivity index (χ1) is 17.8. The van der Waals surface area contributed by atoms with Crippen molar-refractivity contribution in [3.63, 3.8) is 0 Å². The quantitative estimate of drug-likeness (QED) is 0.240. The molecule has 2 aromatic heterocycles. The number of nitrogens with two attached hydrogens (primary N) is 1. The monoisotopic (exact) mass is 507 g/mol. The van der Waals surface area contributed by atoms with Crippen LogP contribution < -0.4 is 5.73 Å². The van der Waals surface area contributed by atoms with Gasteiger partial charge in [-0.1, -0.05) is 48.5 Å². The topological polar surface area (TPSA) is 126 Å². The van der Waals surface area contributed by atoms with Crippen molar-refractivity contribution >= 4 is 29.1 Å². The van der Waals surface area contributed by atoms with E-state index in [1.165, 1.54) is 29.1 Å². The summed E-state index contributed by atoms with van der Waals surface area (Å²) in [5.74, 6) is -1.86. The molecular formula is C29H21N3O4S. The molecule has 0 aliphatic heterocycles. The summed E-state index contributed by atoms with van der Waals surface area (Å²) in [6.07, 6.45) is 0. The van der Waals surface area contributed by atoms with Crippen LogP contribution >= 0.6 is 11.3 Å². The summed E-state index contributed by atoms with van der Waals surface area (Å²) in [4.78, 5) is 34.5. The van der Waals surface area contributed by atoms with Crippen LogP contribution in [-0.4, -0.2) is 32.1 Å². The molecule has 0 radical (unpaired) electrons. The van der Waals surface area contributed by atoms with Crippen molar-refractivity contribution in [1.82, 2.24) is 9.97 Å². The normalized spacial score (nSPS) is 10.8. The van der Waals surface area contributed by atoms with E-state index in [2.05, 4.69) is 24.0 Å². The summed E-state index contributed by atoms with van der Waals surface area (Å²) in [6, 6.07) is 24.8. The zero-order chi connectivity index (χ0) is 26.1. The highest BCUT2D eigenvalue weighted by Crippen LogP contribution is 2.36. The van der Waals surface area contributed by atoms with Crippen molar-refractivity contribution in [1.29, 1.82) is 0 Å². The lowest BCUT2D eigenvalue weighted by Crippen LogP contribution is -2.04. The number of hydrogen-bond donors (Lipinski definition) is 3. The molecule has 0 amide bonds. The van der Waals surface area contributed by atoms with Gasteiger partial charge in [0.05, 0.1) is 22.5 Å². The van der Waals surface area contributed by atoms with E-state index in [1.807, 2.05) is 24.3 Å². The fraction of sp³-hybridized carbons (Fsp3) is 0.0345. The van der Waals surface area contributed by atoms with E-state index in [4.69, 9.17) is 10.7 Å². The molecule has 0 atom stereocenters. The van der Waals surface area contributed by atoms with E-state index in [0.717, 1.165) is 16.0 Å². The first-order valence-corrected chi connectivity index (χ1v) is 12.1. The number of hydrogen-bond acceptors (Lipinski definition) is 6. The molecule has 0 unspecified atom stereocenters. The number of nitrogens with zero attached hydrogens (tertiary/aromatic N) is 2. The Labute approximate surface area is 216 Å². The maximum Gasteiger partial charge on any atom is 0.335 e. The average Bonchev–Trinajstić information content (AvgIpc) is 3.35. The predicted octanol–water partition coefficient (Wildman–Crippen LogP) is 6.49. The zero-order valence-corrected chi connectivity index (χ0v) is 20.5. The van der Waals surface area contributed by atoms with Crippen molar-refractivity contribution in [2.75, 3.05) is 5.73 Å². The van der Waals surface area contributed by atoms with E-state index in [0.29, 0.717) is 28.2 Å². The Hall–Kier alpha value is -4.82. The Kier molecular flexibility index (Phi) is 6.25. The van der Waals surface area contributed by atoms with Gasteiger partial charge in [0.2, 0.25) is 0 Å². The van der Waals surface area contributed by atoms with E-state index < -0.39 is 11.9 Å². The van der Waals surface area contributed by atoms with Gasteiger partial charge in [-0.25, -0.2) is 19.6 Å². The molecular weight excluding hydrogens is 486 g/mol. The second-order valence-electron chi connectivity index (χ2n) is 8.41. The summed E-state index contributed by atoms with van der Waals surface area (Å²) in [5, 5.41) is 18.5. The smallest absolute Gasteiger partial charge is 0.335 e. The highest BCUT2D eigenvalue weighted by atomic mass is 32.1. The van der Waals surface area contributed by atoms with Gasteiger partial charge < -0.3 is 15.9 Å². The number of nitrogen functional groups attached to an aromatic ring is 1. The van der Waals surface area contributed by atoms with E-state index in [1.54, 1.807) is 35.6 Å². The van der Waals surface area contributed by atoms with Gasteiger partial charge in [-0.3, -0.25) is 0 Å². The Balaban J connectivity index is 1.64. The molecule has 5 rings (SSSR count). The number of carboxylic acid groups (broad SMARTS) is 2. The van der Waals surface area contributed by atoms with Gasteiger partial charge in [-0.15, -0.1) is 11.3 Å². The molecule has 5 aromatic rings. The molecule has 4 N–H and O–H groups in total. The number of carbonyl (C=O) groups is 2. The van der Waals surface area contributed by atoms with E-state index >= 15 is 0 Å². The molecule has 0 fully saturated rings. The van der Waals surface area contributed by atoms with Crippen molar-refractivity contribution in [3.05, 3.63) is 101 Å². The number of rotatable bonds is 6. The molecule has 37 heavy (non-hydrogen) atoms. The minimum atomic E-state index is -1.02. The second kappa shape index (κ2) is 9.67. The predicted molar refractivity (Wildman–Crippen MR) is 145 cm³/mol. The highest BCUT2D eigenvalue weighted by molar-refractivity contribution is 7.15. The number of aromatic carboxylic acids is 2. The van der Waals surface area contributed by atoms with Crippen LogP contribution in [0.1, 0.15) is 25.6 Å². The largest absolute Gasteiger partial charge is 0.478 e. The van der Waals surface area contributed by atoms with Crippen LogP contribution in [0.5, 0.6) is 0 Å². The number of benzene rings is 3. The SMILES string of the molecule is Cc1ccc(-c2ccc(-c3nc(-c4ccc(C(=O)O)cc4)c(N)nc3-c3ccc(C(=O)O)cc3)cc2)s1. The summed E-state index contributed by atoms with van der Waals surface area (Å²) in [6.45, 7) is 2.07. The standard InChI is InChI=1S/C29H21N3O4S/c1-16-2-15-23(37-16)17-3-5-18(6-4-17)24-25(19-7-11-21(12-8-19)28(33)34)32-27(30)26(31-24)20-9-13-22(14-10-20)29(35)36/h2-15H,1H3,(H2,30,32)(H,33,34)(H,35,36). The summed E-state index contributed by atoms with van der Waals surface area (Å²) >= 11 is 1.72. The molecule has 0 aliphatic rings. The van der Waals surface area contributed by atoms with Crippen molar-refractivity contribution in [2.45, 2.75) is 6.92 Å². The molecule has 0 bridgehead atoms. The minimum Gasteiger partial charge on any atom is -0.478 e. The van der Waals surface area contributed by atoms with Gasteiger partial charge in [0.25, 0.3) is 0 Å². The fourth-order valence-corrected chi connectivity index (χ4v) is 4.86. The maximum absolute atomic E-state index is 11.3. The molecule has 0 saturated heterocycles. The van der Waals surface area contributed by atoms with Crippen molar-refractivity contribution in [3.8, 4) is 44.2 Å². The van der Waals surface area contributed by atoms with Crippen LogP contribution in [0.3, 0.4) is 0 Å². The zero-order valence-electron chi connectivity index (χ0n) is 19.7. The van der Waals surface area contributed by atoms with Crippen LogP contribution in [0.4, 0.5) is 5.82 Å². The van der Waals surface area contributed by atoms with Gasteiger partial charge >= 0.3 is 11.9 Å². The maximum atomic E-state index is 11.3. The molecule has 3 aromatic carbocycles. The van der Waals surface area contributed by atoms with Gasteiger partial charge in [-0.05, 0) is 48.9 Å². The minimum absolute atomic E-state index is 0.157. The second-order valence-corrected chi connectivity index (χ2v) is 9.70. The lowest BCUT2D eigenvalue weighted by molar-refractivity contribution is 0.0686. The highest BCUT2D eigenvalue weighted by Gasteiger charge is 2.18. The van der Waals surface area contributed by atoms with Crippen LogP contribution in [-0.2, 0) is 0 Å². The summed E-state index contributed by atoms with van der Waals surface area (Å²) in [7, 11) is 0. The van der Waals surface area contributed by atoms with E-state index in [-0.39, 0.29) is 16.9 Å². The molecule has 0 aliphatic carbocycles. The van der Waals surface area contributed by atoms with Crippen molar-refractivity contribution < 1.29 is 19.8 Å². The number of aryl methyl sites for hydroxylation is 1. The third-order valence-electron chi connectivity index (χ3n) is 5.92. The lowest BCUT2D eigenvalue weighted by atomic mass is 10.0. The molecule has 182 valence electrons. The molecule has 0 saturated carbocycles. The fourth-order valence-electron chi connectivity index (χ4n) is 3.99. The average molecular weight is 508 g/mol. The third kappa shape index (κ3) is 4.82. The third-order valence-corrected chi connectivity index (χ3v) is 6.97. The molecule has 0 spiro atoms. The molecule has 8 heteroatoms. The van der Waals surface area contributed by atoms with Crippen molar-refractivity contribution in [2.24, 2.45) is 0 Å². The Morgan fingerprint density at radius 3 is 1.51 bits per heavy atom. The number of aromatic nitrogens is 2. The van der Waals surface area contributed by atoms with Gasteiger partial charge in [0.1, 0.15) is 5.69 Å². The van der Waals surface area contributed by atoms with Crippen LogP contribution in [0.15, 0.2) is 84.9 Å². The molecule has 2 heterocycles. The van der Waals surface area contributed by atoms with Crippen LogP contribution in [0, 0.1) is 6.92 Å². The van der Waals surface area contributed by atoms with Gasteiger partial charge in [0, 0.05) is 26.4 Å². The Morgan fingerprint density at radius 1 is 0.622 bits per heavy atom. The Bertz CT molecular complexity index is 1620. The number of anilines is 1. The van der Waals surface area contributed by atoms with Gasteiger partial charge in [0.15, 0.2) is 5.82 Å². The summed E-state index contributed by atoms with van der Waals surface area (Å²) in [5.41, 5.74) is 11.4. The van der Waals surface area contributed by atoms with E-state index in [9.17, 15) is 19.8 Å². The van der Waals surface area contributed by atoms with Crippen LogP contribution in [0.2, 0.25) is 0 Å².